The number of nitrogens with two attached hydrogens (primary N) is 1. The van der Waals surface area contributed by atoms with E-state index in [0.29, 0.717) is 13.0 Å². The number of amides is 1. The molecule has 0 heterocycles. The molecule has 1 aromatic carbocycles. The molecule has 3 N–H and O–H groups in total. The minimum Gasteiger partial charge on any atom is -0.330 e. The lowest BCUT2D eigenvalue weighted by Crippen LogP contribution is -2.39. The van der Waals surface area contributed by atoms with Crippen LogP contribution in [0.1, 0.15) is 24.8 Å². The number of benzene rings is 1. The number of hydrogen-bond acceptors (Lipinski definition) is 3. The molecule has 0 unspecified atom stereocenters. The van der Waals surface area contributed by atoms with Crippen LogP contribution in [0.25, 0.3) is 0 Å². The predicted octanol–water partition coefficient (Wildman–Crippen LogP) is 2.70. The van der Waals surface area contributed by atoms with Gasteiger partial charge in [0.25, 0.3) is 0 Å². The molecule has 1 atom stereocenters. The molecular formula is C15H22F3N3O. The van der Waals surface area contributed by atoms with Crippen LogP contribution in [-0.2, 0) is 11.0 Å². The van der Waals surface area contributed by atoms with Gasteiger partial charge < -0.3 is 11.1 Å². The first-order chi connectivity index (χ1) is 10.3. The number of nitrogens with one attached hydrogen (secondary N) is 1. The molecule has 124 valence electrons. The molecule has 0 spiro atoms. The normalized spacial score (nSPS) is 13.2. The van der Waals surface area contributed by atoms with Gasteiger partial charge in [-0.05, 0) is 51.7 Å². The van der Waals surface area contributed by atoms with Crippen molar-refractivity contribution in [3.05, 3.63) is 29.8 Å². The summed E-state index contributed by atoms with van der Waals surface area (Å²) >= 11 is 0. The maximum Gasteiger partial charge on any atom is 0.416 e. The minimum atomic E-state index is -4.43. The first-order valence-corrected chi connectivity index (χ1v) is 7.10. The maximum atomic E-state index is 12.7. The van der Waals surface area contributed by atoms with E-state index >= 15 is 0 Å². The van der Waals surface area contributed by atoms with Crippen LogP contribution in [-0.4, -0.2) is 37.5 Å². The van der Waals surface area contributed by atoms with E-state index in [-0.39, 0.29) is 11.6 Å². The fourth-order valence-electron chi connectivity index (χ4n) is 2.10. The largest absolute Gasteiger partial charge is 0.416 e. The van der Waals surface area contributed by atoms with Gasteiger partial charge in [0.05, 0.1) is 11.6 Å². The van der Waals surface area contributed by atoms with Crippen molar-refractivity contribution < 1.29 is 18.0 Å². The highest BCUT2D eigenvalue weighted by Crippen LogP contribution is 2.30. The number of hydrogen-bond donors (Lipinski definition) is 2. The smallest absolute Gasteiger partial charge is 0.330 e. The standard InChI is InChI=1S/C15H22F3N3O/c1-21(2)13(8-3-4-9-19)14(22)20-12-7-5-6-11(10-12)15(16,17)18/h5-7,10,13H,3-4,8-9,19H2,1-2H3,(H,20,22)/t13-/m0/s1. The Balaban J connectivity index is 2.77. The zero-order chi connectivity index (χ0) is 16.8. The van der Waals surface area contributed by atoms with Crippen LogP contribution in [0.2, 0.25) is 0 Å². The molecule has 7 heteroatoms. The fraction of sp³-hybridized carbons (Fsp3) is 0.533. The number of carbonyl (C=O) groups excluding carboxylic acids is 1. The lowest BCUT2D eigenvalue weighted by molar-refractivity contribution is -0.137. The summed E-state index contributed by atoms with van der Waals surface area (Å²) in [7, 11) is 3.53. The molecule has 0 fully saturated rings. The summed E-state index contributed by atoms with van der Waals surface area (Å²) in [4.78, 5) is 14.0. The van der Waals surface area contributed by atoms with Gasteiger partial charge in [0, 0.05) is 5.69 Å². The minimum absolute atomic E-state index is 0.144. The summed E-state index contributed by atoms with van der Waals surface area (Å²) in [6.07, 6.45) is -2.23. The van der Waals surface area contributed by atoms with Crippen molar-refractivity contribution in [3.63, 3.8) is 0 Å². The van der Waals surface area contributed by atoms with Crippen molar-refractivity contribution in [2.75, 3.05) is 26.0 Å². The van der Waals surface area contributed by atoms with Gasteiger partial charge in [0.1, 0.15) is 0 Å². The lowest BCUT2D eigenvalue weighted by Gasteiger charge is -2.23. The highest BCUT2D eigenvalue weighted by Gasteiger charge is 2.30. The zero-order valence-corrected chi connectivity index (χ0v) is 12.8. The zero-order valence-electron chi connectivity index (χ0n) is 12.8. The van der Waals surface area contributed by atoms with E-state index in [4.69, 9.17) is 5.73 Å². The van der Waals surface area contributed by atoms with E-state index in [0.717, 1.165) is 25.0 Å². The Labute approximate surface area is 128 Å². The third-order valence-corrected chi connectivity index (χ3v) is 3.32. The van der Waals surface area contributed by atoms with Crippen LogP contribution in [0.15, 0.2) is 24.3 Å². The Bertz CT molecular complexity index is 489. The van der Waals surface area contributed by atoms with Gasteiger partial charge in [-0.25, -0.2) is 0 Å². The predicted molar refractivity (Wildman–Crippen MR) is 80.5 cm³/mol. The summed E-state index contributed by atoms with van der Waals surface area (Å²) < 4.78 is 38.0. The molecule has 0 saturated carbocycles. The van der Waals surface area contributed by atoms with E-state index in [1.807, 2.05) is 0 Å². The summed E-state index contributed by atoms with van der Waals surface area (Å²) in [5, 5.41) is 2.55. The average Bonchev–Trinajstić information content (AvgIpc) is 2.42. The average molecular weight is 317 g/mol. The first kappa shape index (κ1) is 18.4. The highest BCUT2D eigenvalue weighted by atomic mass is 19.4. The number of likely N-dealkylation sites (N-methyl/N-ethyl adjacent to an activating group) is 1. The number of unbranched alkanes of at least 4 members (excludes halogenated alkanes) is 1. The van der Waals surface area contributed by atoms with E-state index in [1.165, 1.54) is 12.1 Å². The van der Waals surface area contributed by atoms with Crippen LogP contribution in [0.3, 0.4) is 0 Å². The molecule has 22 heavy (non-hydrogen) atoms. The summed E-state index contributed by atoms with van der Waals surface area (Å²) in [6, 6.07) is 4.23. The molecule has 0 aromatic heterocycles. The molecule has 1 amide bonds. The van der Waals surface area contributed by atoms with Gasteiger partial charge in [0.2, 0.25) is 5.91 Å². The molecule has 0 aliphatic heterocycles. The summed E-state index contributed by atoms with van der Waals surface area (Å²) in [6.45, 7) is 0.551. The third kappa shape index (κ3) is 5.65. The number of nitrogens with zero attached hydrogens (tertiary/aromatic N) is 1. The molecule has 1 aromatic rings. The number of halogens is 3. The quantitative estimate of drug-likeness (QED) is 0.760. The summed E-state index contributed by atoms with van der Waals surface area (Å²) in [5.74, 6) is -0.318. The SMILES string of the molecule is CN(C)[C@@H](CCCCN)C(=O)Nc1cccc(C(F)(F)F)c1. The van der Waals surface area contributed by atoms with Crippen LogP contribution in [0, 0.1) is 0 Å². The van der Waals surface area contributed by atoms with Crippen LogP contribution in [0.4, 0.5) is 18.9 Å². The van der Waals surface area contributed by atoms with Crippen molar-refractivity contribution in [1.82, 2.24) is 4.90 Å². The Kier molecular flexibility index (Phi) is 6.83. The van der Waals surface area contributed by atoms with Gasteiger partial charge in [-0.3, -0.25) is 9.69 Å². The van der Waals surface area contributed by atoms with E-state index < -0.39 is 17.8 Å². The summed E-state index contributed by atoms with van der Waals surface area (Å²) in [5.41, 5.74) is 4.79. The highest BCUT2D eigenvalue weighted by molar-refractivity contribution is 5.94. The van der Waals surface area contributed by atoms with Crippen LogP contribution >= 0.6 is 0 Å². The van der Waals surface area contributed by atoms with E-state index in [9.17, 15) is 18.0 Å². The monoisotopic (exact) mass is 317 g/mol. The molecule has 0 aliphatic rings. The van der Waals surface area contributed by atoms with Crippen molar-refractivity contribution >= 4 is 11.6 Å². The topological polar surface area (TPSA) is 58.4 Å². The van der Waals surface area contributed by atoms with E-state index in [2.05, 4.69) is 5.32 Å². The Morgan fingerprint density at radius 1 is 1.32 bits per heavy atom. The number of anilines is 1. The maximum absolute atomic E-state index is 12.7. The second-order valence-corrected chi connectivity index (χ2v) is 5.33. The van der Waals surface area contributed by atoms with Gasteiger partial charge >= 0.3 is 6.18 Å². The number of alkyl halides is 3. The van der Waals surface area contributed by atoms with Gasteiger partial charge in [-0.2, -0.15) is 13.2 Å². The Morgan fingerprint density at radius 3 is 2.55 bits per heavy atom. The Morgan fingerprint density at radius 2 is 2.00 bits per heavy atom. The van der Waals surface area contributed by atoms with Crippen LogP contribution < -0.4 is 11.1 Å². The molecular weight excluding hydrogens is 295 g/mol. The van der Waals surface area contributed by atoms with Gasteiger partial charge in [-0.15, -0.1) is 0 Å². The van der Waals surface area contributed by atoms with Gasteiger partial charge in [-0.1, -0.05) is 12.5 Å². The van der Waals surface area contributed by atoms with Crippen molar-refractivity contribution in [1.29, 1.82) is 0 Å². The second-order valence-electron chi connectivity index (χ2n) is 5.33. The number of carbonyl (C=O) groups is 1. The molecule has 0 aliphatic carbocycles. The fourth-order valence-corrected chi connectivity index (χ4v) is 2.10. The van der Waals surface area contributed by atoms with Gasteiger partial charge in [0.15, 0.2) is 0 Å². The lowest BCUT2D eigenvalue weighted by atomic mass is 10.1. The van der Waals surface area contributed by atoms with Crippen molar-refractivity contribution in [2.24, 2.45) is 5.73 Å². The molecule has 1 rings (SSSR count). The molecule has 0 bridgehead atoms. The second kappa shape index (κ2) is 8.14. The number of rotatable bonds is 7. The molecule has 0 saturated heterocycles. The Hall–Kier alpha value is -1.60. The molecule has 4 nitrogen and oxygen atoms in total. The molecule has 0 radical (unpaired) electrons. The first-order valence-electron chi connectivity index (χ1n) is 7.10. The van der Waals surface area contributed by atoms with Crippen molar-refractivity contribution in [3.8, 4) is 0 Å². The van der Waals surface area contributed by atoms with E-state index in [1.54, 1.807) is 19.0 Å². The van der Waals surface area contributed by atoms with Crippen LogP contribution in [0.5, 0.6) is 0 Å². The third-order valence-electron chi connectivity index (χ3n) is 3.32. The van der Waals surface area contributed by atoms with Crippen molar-refractivity contribution in [2.45, 2.75) is 31.5 Å².